The summed E-state index contributed by atoms with van der Waals surface area (Å²) in [6.45, 7) is 8.21. The van der Waals surface area contributed by atoms with Gasteiger partial charge >= 0.3 is 0 Å². The highest BCUT2D eigenvalue weighted by Gasteiger charge is 2.35. The van der Waals surface area contributed by atoms with Crippen LogP contribution in [-0.2, 0) is 15.9 Å². The number of hydrogen-bond donors (Lipinski definition) is 1. The maximum Gasteiger partial charge on any atom is 0.212 e. The highest BCUT2D eigenvalue weighted by Crippen LogP contribution is 2.30. The SMILES string of the molecule is COC1=N[C@H](C(C)C)C(OC)=N[C@H]1[C@H](O)c1ccc(OC)c(CC=C(C)C)c1. The number of nitrogens with zero attached hydrogens (tertiary/aromatic N) is 2. The molecular weight excluding hydrogens is 356 g/mol. The van der Waals surface area contributed by atoms with E-state index in [0.717, 1.165) is 23.3 Å². The largest absolute Gasteiger partial charge is 0.496 e. The highest BCUT2D eigenvalue weighted by molar-refractivity contribution is 5.94. The lowest BCUT2D eigenvalue weighted by atomic mass is 9.96. The molecule has 2 rings (SSSR count). The monoisotopic (exact) mass is 388 g/mol. The van der Waals surface area contributed by atoms with E-state index in [1.165, 1.54) is 5.57 Å². The van der Waals surface area contributed by atoms with Crippen molar-refractivity contribution in [2.75, 3.05) is 21.3 Å². The number of methoxy groups -OCH3 is 3. The molecule has 6 heteroatoms. The van der Waals surface area contributed by atoms with Crippen LogP contribution >= 0.6 is 0 Å². The smallest absolute Gasteiger partial charge is 0.212 e. The Morgan fingerprint density at radius 1 is 1.04 bits per heavy atom. The van der Waals surface area contributed by atoms with Crippen LogP contribution in [0.15, 0.2) is 39.8 Å². The van der Waals surface area contributed by atoms with Crippen molar-refractivity contribution < 1.29 is 19.3 Å². The van der Waals surface area contributed by atoms with Crippen LogP contribution in [0.1, 0.15) is 44.9 Å². The van der Waals surface area contributed by atoms with Crippen LogP contribution in [0.2, 0.25) is 0 Å². The van der Waals surface area contributed by atoms with Crippen molar-refractivity contribution in [3.05, 3.63) is 41.0 Å². The summed E-state index contributed by atoms with van der Waals surface area (Å²) in [5, 5.41) is 11.1. The molecule has 3 atom stereocenters. The fraction of sp³-hybridized carbons (Fsp3) is 0.545. The first-order valence-corrected chi connectivity index (χ1v) is 9.53. The second-order valence-electron chi connectivity index (χ2n) is 7.48. The predicted molar refractivity (Wildman–Crippen MR) is 112 cm³/mol. The van der Waals surface area contributed by atoms with Gasteiger partial charge in [-0.25, -0.2) is 9.98 Å². The minimum absolute atomic E-state index is 0.207. The topological polar surface area (TPSA) is 72.6 Å². The van der Waals surface area contributed by atoms with Gasteiger partial charge in [0.1, 0.15) is 17.9 Å². The molecule has 1 aliphatic heterocycles. The van der Waals surface area contributed by atoms with Gasteiger partial charge in [0.25, 0.3) is 0 Å². The van der Waals surface area contributed by atoms with Gasteiger partial charge in [0.15, 0.2) is 6.04 Å². The quantitative estimate of drug-likeness (QED) is 0.754. The second-order valence-corrected chi connectivity index (χ2v) is 7.48. The van der Waals surface area contributed by atoms with Crippen LogP contribution in [0, 0.1) is 5.92 Å². The average Bonchev–Trinajstić information content (AvgIpc) is 2.70. The molecule has 0 unspecified atom stereocenters. The molecule has 0 bridgehead atoms. The van der Waals surface area contributed by atoms with E-state index in [1.807, 2.05) is 32.0 Å². The van der Waals surface area contributed by atoms with Crippen molar-refractivity contribution in [3.8, 4) is 5.75 Å². The molecule has 0 radical (unpaired) electrons. The van der Waals surface area contributed by atoms with Crippen LogP contribution in [0.25, 0.3) is 0 Å². The van der Waals surface area contributed by atoms with Gasteiger partial charge in [-0.15, -0.1) is 0 Å². The molecule has 6 nitrogen and oxygen atoms in total. The van der Waals surface area contributed by atoms with Crippen molar-refractivity contribution >= 4 is 11.8 Å². The van der Waals surface area contributed by atoms with Crippen molar-refractivity contribution in [1.29, 1.82) is 0 Å². The van der Waals surface area contributed by atoms with E-state index in [4.69, 9.17) is 14.2 Å². The normalized spacial score (nSPS) is 20.2. The van der Waals surface area contributed by atoms with E-state index in [-0.39, 0.29) is 12.0 Å². The molecule has 28 heavy (non-hydrogen) atoms. The van der Waals surface area contributed by atoms with E-state index in [9.17, 15) is 5.11 Å². The Balaban J connectivity index is 2.39. The van der Waals surface area contributed by atoms with Gasteiger partial charge < -0.3 is 19.3 Å². The molecule has 0 aliphatic carbocycles. The van der Waals surface area contributed by atoms with E-state index in [2.05, 4.69) is 29.9 Å². The minimum Gasteiger partial charge on any atom is -0.496 e. The molecule has 1 aromatic rings. The summed E-state index contributed by atoms with van der Waals surface area (Å²) < 4.78 is 16.4. The van der Waals surface area contributed by atoms with Crippen LogP contribution < -0.4 is 4.74 Å². The molecule has 1 aromatic carbocycles. The van der Waals surface area contributed by atoms with Gasteiger partial charge in [0.05, 0.1) is 21.3 Å². The Labute approximate surface area is 168 Å². The zero-order valence-corrected chi connectivity index (χ0v) is 17.9. The van der Waals surface area contributed by atoms with Crippen molar-refractivity contribution in [3.63, 3.8) is 0 Å². The number of aliphatic hydroxyl groups is 1. The first kappa shape index (κ1) is 22.0. The standard InChI is InChI=1S/C22H32N2O4/c1-13(2)8-9-15-12-16(10-11-17(15)26-5)20(25)19-22(28-7)23-18(14(3)4)21(24-19)27-6/h8,10-12,14,18-20,25H,9H2,1-7H3/t18-,19+,20-/m1/s1. The number of aliphatic imine (C=N–C) groups is 2. The Kier molecular flexibility index (Phi) is 7.63. The number of benzene rings is 1. The van der Waals surface area contributed by atoms with Gasteiger partial charge in [0.2, 0.25) is 11.8 Å². The fourth-order valence-electron chi connectivity index (χ4n) is 3.16. The zero-order chi connectivity index (χ0) is 20.8. The number of aliphatic hydroxyl groups excluding tert-OH is 1. The average molecular weight is 389 g/mol. The van der Waals surface area contributed by atoms with E-state index in [0.29, 0.717) is 11.8 Å². The molecule has 1 aliphatic rings. The molecule has 1 N–H and O–H groups in total. The molecule has 0 spiro atoms. The van der Waals surface area contributed by atoms with E-state index in [1.54, 1.807) is 21.3 Å². The summed E-state index contributed by atoms with van der Waals surface area (Å²) >= 11 is 0. The Hall–Kier alpha value is -2.34. The number of rotatable bonds is 6. The Bertz CT molecular complexity index is 764. The molecular formula is C22H32N2O4. The Morgan fingerprint density at radius 2 is 1.64 bits per heavy atom. The third-order valence-electron chi connectivity index (χ3n) is 4.76. The first-order valence-electron chi connectivity index (χ1n) is 9.53. The van der Waals surface area contributed by atoms with Gasteiger partial charge in [-0.1, -0.05) is 31.6 Å². The molecule has 0 fully saturated rings. The van der Waals surface area contributed by atoms with Gasteiger partial charge in [-0.05, 0) is 49.4 Å². The maximum absolute atomic E-state index is 11.1. The highest BCUT2D eigenvalue weighted by atomic mass is 16.5. The van der Waals surface area contributed by atoms with Crippen molar-refractivity contribution in [2.45, 2.75) is 52.3 Å². The van der Waals surface area contributed by atoms with Crippen molar-refractivity contribution in [2.24, 2.45) is 15.9 Å². The molecule has 0 amide bonds. The van der Waals surface area contributed by atoms with Crippen LogP contribution in [0.3, 0.4) is 0 Å². The van der Waals surface area contributed by atoms with Gasteiger partial charge in [-0.3, -0.25) is 0 Å². The van der Waals surface area contributed by atoms with Crippen LogP contribution in [0.4, 0.5) is 0 Å². The van der Waals surface area contributed by atoms with Crippen LogP contribution in [-0.4, -0.2) is 50.3 Å². The third-order valence-corrected chi connectivity index (χ3v) is 4.76. The van der Waals surface area contributed by atoms with E-state index < -0.39 is 12.1 Å². The third kappa shape index (κ3) is 4.93. The number of allylic oxidation sites excluding steroid dienone is 2. The summed E-state index contributed by atoms with van der Waals surface area (Å²) in [4.78, 5) is 9.26. The molecule has 154 valence electrons. The van der Waals surface area contributed by atoms with Crippen LogP contribution in [0.5, 0.6) is 5.75 Å². The number of hydrogen-bond acceptors (Lipinski definition) is 6. The summed E-state index contributed by atoms with van der Waals surface area (Å²) in [7, 11) is 4.78. The maximum atomic E-state index is 11.1. The molecule has 0 aromatic heterocycles. The lowest BCUT2D eigenvalue weighted by molar-refractivity contribution is 0.155. The van der Waals surface area contributed by atoms with Gasteiger partial charge in [0, 0.05) is 0 Å². The fourth-order valence-corrected chi connectivity index (χ4v) is 3.16. The molecule has 0 saturated carbocycles. The predicted octanol–water partition coefficient (Wildman–Crippen LogP) is 3.73. The number of ether oxygens (including phenoxy) is 3. The minimum atomic E-state index is -0.909. The Morgan fingerprint density at radius 3 is 2.18 bits per heavy atom. The summed E-state index contributed by atoms with van der Waals surface area (Å²) in [6, 6.07) is 4.80. The zero-order valence-electron chi connectivity index (χ0n) is 17.9. The lowest BCUT2D eigenvalue weighted by Crippen LogP contribution is -2.40. The van der Waals surface area contributed by atoms with E-state index >= 15 is 0 Å². The second kappa shape index (κ2) is 9.73. The molecule has 0 saturated heterocycles. The van der Waals surface area contributed by atoms with Crippen molar-refractivity contribution in [1.82, 2.24) is 0 Å². The van der Waals surface area contributed by atoms with Gasteiger partial charge in [-0.2, -0.15) is 0 Å². The summed E-state index contributed by atoms with van der Waals surface area (Å²) in [5.41, 5.74) is 2.96. The summed E-state index contributed by atoms with van der Waals surface area (Å²) in [5.74, 6) is 1.92. The summed E-state index contributed by atoms with van der Waals surface area (Å²) in [6.07, 6.45) is 1.95. The lowest BCUT2D eigenvalue weighted by Gasteiger charge is -2.29. The first-order chi connectivity index (χ1) is 13.3. The molecule has 1 heterocycles.